The van der Waals surface area contributed by atoms with Crippen LogP contribution in [0.1, 0.15) is 15.2 Å². The van der Waals surface area contributed by atoms with Gasteiger partial charge in [0.15, 0.2) is 0 Å². The van der Waals surface area contributed by atoms with Crippen LogP contribution >= 0.6 is 11.3 Å². The zero-order valence-corrected chi connectivity index (χ0v) is 16.2. The van der Waals surface area contributed by atoms with E-state index in [9.17, 15) is 13.2 Å². The van der Waals surface area contributed by atoms with Crippen LogP contribution in [0.3, 0.4) is 0 Å². The number of carbonyl (C=O) groups excluding carboxylic acids is 1. The molecule has 1 aliphatic heterocycles. The summed E-state index contributed by atoms with van der Waals surface area (Å²) >= 11 is 1.03. The highest BCUT2D eigenvalue weighted by molar-refractivity contribution is 7.93. The van der Waals surface area contributed by atoms with Gasteiger partial charge in [-0.1, -0.05) is 0 Å². The van der Waals surface area contributed by atoms with Gasteiger partial charge in [-0.3, -0.25) is 4.72 Å². The van der Waals surface area contributed by atoms with Crippen LogP contribution in [0, 0.1) is 6.92 Å². The Morgan fingerprint density at radius 2 is 2.00 bits per heavy atom. The summed E-state index contributed by atoms with van der Waals surface area (Å²) in [6, 6.07) is 6.96. The van der Waals surface area contributed by atoms with Gasteiger partial charge in [-0.05, 0) is 42.1 Å². The van der Waals surface area contributed by atoms with E-state index in [2.05, 4.69) is 14.4 Å². The predicted molar refractivity (Wildman–Crippen MR) is 101 cm³/mol. The molecule has 0 aliphatic carbocycles. The number of morpholine rings is 1. The van der Waals surface area contributed by atoms with Gasteiger partial charge in [-0.25, -0.2) is 13.2 Å². The lowest BCUT2D eigenvalue weighted by molar-refractivity contribution is 0.0602. The Morgan fingerprint density at radius 3 is 2.65 bits per heavy atom. The Bertz CT molecular complexity index is 902. The first kappa shape index (κ1) is 18.7. The minimum atomic E-state index is -3.89. The summed E-state index contributed by atoms with van der Waals surface area (Å²) in [6.07, 6.45) is 0. The minimum absolute atomic E-state index is 0.0580. The van der Waals surface area contributed by atoms with Crippen molar-refractivity contribution in [2.45, 2.75) is 11.8 Å². The van der Waals surface area contributed by atoms with E-state index in [4.69, 9.17) is 4.74 Å². The van der Waals surface area contributed by atoms with Crippen molar-refractivity contribution < 1.29 is 22.7 Å². The van der Waals surface area contributed by atoms with Crippen molar-refractivity contribution >= 4 is 38.7 Å². The summed E-state index contributed by atoms with van der Waals surface area (Å²) in [4.78, 5) is 13.9. The number of hydrogen-bond acceptors (Lipinski definition) is 7. The third kappa shape index (κ3) is 3.84. The molecule has 26 heavy (non-hydrogen) atoms. The second kappa shape index (κ2) is 7.65. The summed E-state index contributed by atoms with van der Waals surface area (Å²) in [5.74, 6) is -0.667. The Kier molecular flexibility index (Phi) is 5.49. The Morgan fingerprint density at radius 1 is 1.27 bits per heavy atom. The maximum atomic E-state index is 12.7. The van der Waals surface area contributed by atoms with E-state index in [1.807, 2.05) is 19.1 Å². The van der Waals surface area contributed by atoms with Crippen molar-refractivity contribution in [1.82, 2.24) is 0 Å². The van der Waals surface area contributed by atoms with Gasteiger partial charge in [-0.2, -0.15) is 0 Å². The molecule has 1 aliphatic rings. The van der Waals surface area contributed by atoms with Crippen molar-refractivity contribution in [3.8, 4) is 0 Å². The molecule has 0 spiro atoms. The molecule has 2 heterocycles. The zero-order valence-electron chi connectivity index (χ0n) is 14.5. The van der Waals surface area contributed by atoms with Crippen LogP contribution in [0.5, 0.6) is 0 Å². The number of nitrogens with one attached hydrogen (secondary N) is 1. The quantitative estimate of drug-likeness (QED) is 0.782. The summed E-state index contributed by atoms with van der Waals surface area (Å²) in [6.45, 7) is 4.82. The van der Waals surface area contributed by atoms with Crippen LogP contribution in [-0.2, 0) is 19.5 Å². The van der Waals surface area contributed by atoms with E-state index >= 15 is 0 Å². The summed E-state index contributed by atoms with van der Waals surface area (Å²) < 4.78 is 38.0. The molecule has 0 unspecified atom stereocenters. The van der Waals surface area contributed by atoms with Crippen LogP contribution in [-0.4, -0.2) is 47.8 Å². The lowest BCUT2D eigenvalue weighted by Crippen LogP contribution is -2.36. The van der Waals surface area contributed by atoms with Gasteiger partial charge in [0.2, 0.25) is 0 Å². The number of rotatable bonds is 5. The summed E-state index contributed by atoms with van der Waals surface area (Å²) in [5, 5.41) is 1.55. The SMILES string of the molecule is COC(=O)c1sccc1S(=O)(=O)Nc1ccc(N2CCOCC2)cc1C. The summed E-state index contributed by atoms with van der Waals surface area (Å²) in [7, 11) is -2.67. The van der Waals surface area contributed by atoms with Gasteiger partial charge >= 0.3 is 5.97 Å². The lowest BCUT2D eigenvalue weighted by atomic mass is 10.1. The number of carbonyl (C=O) groups is 1. The second-order valence-corrected chi connectivity index (χ2v) is 8.38. The van der Waals surface area contributed by atoms with Crippen molar-refractivity contribution in [3.05, 3.63) is 40.1 Å². The fourth-order valence-electron chi connectivity index (χ4n) is 2.73. The lowest BCUT2D eigenvalue weighted by Gasteiger charge is -2.29. The summed E-state index contributed by atoms with van der Waals surface area (Å²) in [5.41, 5.74) is 2.30. The van der Waals surface area contributed by atoms with Gasteiger partial charge in [0.25, 0.3) is 10.0 Å². The number of anilines is 2. The Hall–Kier alpha value is -2.10. The van der Waals surface area contributed by atoms with Crippen molar-refractivity contribution in [2.24, 2.45) is 0 Å². The number of methoxy groups -OCH3 is 1. The topological polar surface area (TPSA) is 84.9 Å². The Labute approximate surface area is 156 Å². The standard InChI is InChI=1S/C17H20N2O5S2/c1-12-11-13(19-6-8-24-9-7-19)3-4-14(12)18-26(21,22)15-5-10-25-16(15)17(20)23-2/h3-5,10-11,18H,6-9H2,1-2H3. The highest BCUT2D eigenvalue weighted by atomic mass is 32.2. The van der Waals surface area contributed by atoms with Gasteiger partial charge < -0.3 is 14.4 Å². The van der Waals surface area contributed by atoms with E-state index in [-0.39, 0.29) is 9.77 Å². The van der Waals surface area contributed by atoms with Gasteiger partial charge in [0.05, 0.1) is 26.0 Å². The molecule has 1 saturated heterocycles. The minimum Gasteiger partial charge on any atom is -0.465 e. The number of hydrogen-bond donors (Lipinski definition) is 1. The first-order valence-electron chi connectivity index (χ1n) is 8.04. The van der Waals surface area contributed by atoms with E-state index in [1.165, 1.54) is 13.2 Å². The highest BCUT2D eigenvalue weighted by Gasteiger charge is 2.25. The van der Waals surface area contributed by atoms with E-state index in [0.29, 0.717) is 18.9 Å². The molecule has 0 atom stereocenters. The first-order valence-corrected chi connectivity index (χ1v) is 10.4. The molecular formula is C17H20N2O5S2. The first-order chi connectivity index (χ1) is 12.4. The van der Waals surface area contributed by atoms with E-state index < -0.39 is 16.0 Å². The van der Waals surface area contributed by atoms with Crippen LogP contribution in [0.2, 0.25) is 0 Å². The number of aryl methyl sites for hydroxylation is 1. The molecule has 0 amide bonds. The van der Waals surface area contributed by atoms with E-state index in [0.717, 1.165) is 35.7 Å². The monoisotopic (exact) mass is 396 g/mol. The maximum absolute atomic E-state index is 12.7. The normalized spacial score (nSPS) is 14.9. The third-order valence-electron chi connectivity index (χ3n) is 4.12. The van der Waals surface area contributed by atoms with Crippen LogP contribution in [0.4, 0.5) is 11.4 Å². The fourth-order valence-corrected chi connectivity index (χ4v) is 5.20. The number of sulfonamides is 1. The zero-order chi connectivity index (χ0) is 18.7. The van der Waals surface area contributed by atoms with Gasteiger partial charge in [-0.15, -0.1) is 11.3 Å². The largest absolute Gasteiger partial charge is 0.465 e. The molecule has 0 radical (unpaired) electrons. The van der Waals surface area contributed by atoms with Crippen LogP contribution in [0.15, 0.2) is 34.5 Å². The molecule has 0 bridgehead atoms. The molecule has 1 aromatic heterocycles. The average molecular weight is 396 g/mol. The number of ether oxygens (including phenoxy) is 2. The molecule has 2 aromatic rings. The molecule has 1 N–H and O–H groups in total. The van der Waals surface area contributed by atoms with E-state index in [1.54, 1.807) is 11.4 Å². The molecular weight excluding hydrogens is 376 g/mol. The molecule has 9 heteroatoms. The van der Waals surface area contributed by atoms with Crippen LogP contribution in [0.25, 0.3) is 0 Å². The van der Waals surface area contributed by atoms with Crippen molar-refractivity contribution in [3.63, 3.8) is 0 Å². The van der Waals surface area contributed by atoms with Gasteiger partial charge in [0.1, 0.15) is 9.77 Å². The third-order valence-corrected chi connectivity index (χ3v) is 6.55. The molecule has 1 aromatic carbocycles. The fraction of sp³-hybridized carbons (Fsp3) is 0.353. The molecule has 7 nitrogen and oxygen atoms in total. The number of esters is 1. The Balaban J connectivity index is 1.84. The highest BCUT2D eigenvalue weighted by Crippen LogP contribution is 2.28. The number of thiophene rings is 1. The molecule has 1 fully saturated rings. The second-order valence-electron chi connectivity index (χ2n) is 5.81. The van der Waals surface area contributed by atoms with Crippen LogP contribution < -0.4 is 9.62 Å². The molecule has 3 rings (SSSR count). The van der Waals surface area contributed by atoms with Gasteiger partial charge in [0, 0.05) is 18.8 Å². The maximum Gasteiger partial charge on any atom is 0.349 e. The average Bonchev–Trinajstić information content (AvgIpc) is 3.14. The van der Waals surface area contributed by atoms with Crippen molar-refractivity contribution in [2.75, 3.05) is 43.0 Å². The smallest absolute Gasteiger partial charge is 0.349 e. The molecule has 0 saturated carbocycles. The number of nitrogens with zero attached hydrogens (tertiary/aromatic N) is 1. The number of benzene rings is 1. The van der Waals surface area contributed by atoms with Crippen molar-refractivity contribution in [1.29, 1.82) is 0 Å². The predicted octanol–water partition coefficient (Wildman–Crippen LogP) is 2.48. The molecule has 140 valence electrons.